The fraction of sp³-hybridized carbons (Fsp3) is 0.231. The van der Waals surface area contributed by atoms with E-state index < -0.39 is 0 Å². The number of benzene rings is 1. The Bertz CT molecular complexity index is 508. The van der Waals surface area contributed by atoms with Crippen molar-refractivity contribution in [3.8, 4) is 0 Å². The zero-order valence-corrected chi connectivity index (χ0v) is 10.2. The van der Waals surface area contributed by atoms with E-state index in [-0.39, 0.29) is 0 Å². The number of aryl methyl sites for hydroxylation is 1. The minimum Gasteiger partial charge on any atom is -0.377 e. The molecule has 15 heavy (non-hydrogen) atoms. The van der Waals surface area contributed by atoms with Crippen LogP contribution in [0.1, 0.15) is 10.4 Å². The van der Waals surface area contributed by atoms with E-state index in [1.165, 1.54) is 26.2 Å². The molecule has 0 aliphatic rings. The third-order valence-corrected chi connectivity index (χ3v) is 3.89. The molecule has 0 saturated heterocycles. The SMILES string of the molecule is C=Cc1sc2cccc(N(C)C)c2c1C. The molecule has 1 heterocycles. The van der Waals surface area contributed by atoms with Crippen LogP contribution in [0.5, 0.6) is 0 Å². The molecule has 2 aromatic rings. The molecule has 1 aromatic heterocycles. The number of hydrogen-bond donors (Lipinski definition) is 0. The Balaban J connectivity index is 2.84. The van der Waals surface area contributed by atoms with Crippen molar-refractivity contribution >= 4 is 33.2 Å². The second kappa shape index (κ2) is 3.70. The summed E-state index contributed by atoms with van der Waals surface area (Å²) < 4.78 is 1.34. The average Bonchev–Trinajstić information content (AvgIpc) is 2.55. The van der Waals surface area contributed by atoms with Gasteiger partial charge in [-0.05, 0) is 24.6 Å². The zero-order valence-electron chi connectivity index (χ0n) is 9.37. The molecular weight excluding hydrogens is 202 g/mol. The Labute approximate surface area is 94.6 Å². The molecule has 0 spiro atoms. The highest BCUT2D eigenvalue weighted by Crippen LogP contribution is 2.37. The van der Waals surface area contributed by atoms with Crippen molar-refractivity contribution in [3.63, 3.8) is 0 Å². The first-order valence-corrected chi connectivity index (χ1v) is 5.78. The Morgan fingerprint density at radius 2 is 2.07 bits per heavy atom. The molecule has 0 bridgehead atoms. The predicted molar refractivity (Wildman–Crippen MR) is 71.0 cm³/mol. The molecule has 2 rings (SSSR count). The maximum absolute atomic E-state index is 3.86. The number of rotatable bonds is 2. The summed E-state index contributed by atoms with van der Waals surface area (Å²) in [6, 6.07) is 6.45. The van der Waals surface area contributed by atoms with E-state index in [4.69, 9.17) is 0 Å². The van der Waals surface area contributed by atoms with E-state index in [1.54, 1.807) is 0 Å². The fourth-order valence-corrected chi connectivity index (χ4v) is 2.95. The van der Waals surface area contributed by atoms with Gasteiger partial charge in [0.1, 0.15) is 0 Å². The normalized spacial score (nSPS) is 10.6. The van der Waals surface area contributed by atoms with E-state index >= 15 is 0 Å². The van der Waals surface area contributed by atoms with Gasteiger partial charge in [0, 0.05) is 34.7 Å². The van der Waals surface area contributed by atoms with Crippen LogP contribution in [0.15, 0.2) is 24.8 Å². The quantitative estimate of drug-likeness (QED) is 0.737. The maximum atomic E-state index is 3.86. The summed E-state index contributed by atoms with van der Waals surface area (Å²) in [6.45, 7) is 6.03. The standard InChI is InChI=1S/C13H15NS/c1-5-11-9(2)13-10(14(3)4)7-6-8-12(13)15-11/h5-8H,1H2,2-4H3. The van der Waals surface area contributed by atoms with Crippen LogP contribution in [0, 0.1) is 6.92 Å². The zero-order chi connectivity index (χ0) is 11.0. The highest BCUT2D eigenvalue weighted by atomic mass is 32.1. The lowest BCUT2D eigenvalue weighted by Gasteiger charge is -2.14. The van der Waals surface area contributed by atoms with E-state index in [9.17, 15) is 0 Å². The van der Waals surface area contributed by atoms with E-state index in [1.807, 2.05) is 17.4 Å². The number of hydrogen-bond acceptors (Lipinski definition) is 2. The van der Waals surface area contributed by atoms with Crippen LogP contribution in [-0.4, -0.2) is 14.1 Å². The second-order valence-electron chi connectivity index (χ2n) is 3.84. The van der Waals surface area contributed by atoms with Crippen LogP contribution in [-0.2, 0) is 0 Å². The lowest BCUT2D eigenvalue weighted by Crippen LogP contribution is -2.08. The Morgan fingerprint density at radius 1 is 1.33 bits per heavy atom. The van der Waals surface area contributed by atoms with Crippen molar-refractivity contribution in [2.24, 2.45) is 0 Å². The van der Waals surface area contributed by atoms with Crippen LogP contribution >= 0.6 is 11.3 Å². The van der Waals surface area contributed by atoms with Gasteiger partial charge in [-0.1, -0.05) is 18.7 Å². The fourth-order valence-electron chi connectivity index (χ4n) is 1.87. The molecule has 0 fully saturated rings. The molecule has 0 saturated carbocycles. The van der Waals surface area contributed by atoms with Gasteiger partial charge in [0.2, 0.25) is 0 Å². The van der Waals surface area contributed by atoms with Gasteiger partial charge in [-0.15, -0.1) is 11.3 Å². The summed E-state index contributed by atoms with van der Waals surface area (Å²) in [5, 5.41) is 1.36. The molecule has 0 unspecified atom stereocenters. The van der Waals surface area contributed by atoms with E-state index in [2.05, 4.69) is 50.7 Å². The molecule has 78 valence electrons. The molecule has 2 heteroatoms. The molecule has 0 aliphatic carbocycles. The van der Waals surface area contributed by atoms with Crippen molar-refractivity contribution in [2.45, 2.75) is 6.92 Å². The number of fused-ring (bicyclic) bond motifs is 1. The molecule has 0 N–H and O–H groups in total. The highest BCUT2D eigenvalue weighted by Gasteiger charge is 2.10. The Morgan fingerprint density at radius 3 is 2.67 bits per heavy atom. The van der Waals surface area contributed by atoms with Crippen molar-refractivity contribution in [1.29, 1.82) is 0 Å². The van der Waals surface area contributed by atoms with Crippen LogP contribution < -0.4 is 4.90 Å². The van der Waals surface area contributed by atoms with Gasteiger partial charge in [-0.2, -0.15) is 0 Å². The summed E-state index contributed by atoms with van der Waals surface area (Å²) in [5.41, 5.74) is 2.63. The number of anilines is 1. The number of thiophene rings is 1. The molecule has 0 aliphatic heterocycles. The topological polar surface area (TPSA) is 3.24 Å². The second-order valence-corrected chi connectivity index (χ2v) is 4.92. The van der Waals surface area contributed by atoms with Crippen molar-refractivity contribution < 1.29 is 0 Å². The minimum absolute atomic E-state index is 1.28. The molecule has 0 atom stereocenters. The highest BCUT2D eigenvalue weighted by molar-refractivity contribution is 7.20. The number of nitrogens with zero attached hydrogens (tertiary/aromatic N) is 1. The van der Waals surface area contributed by atoms with E-state index in [0.717, 1.165) is 0 Å². The first kappa shape index (κ1) is 10.2. The smallest absolute Gasteiger partial charge is 0.0452 e. The lowest BCUT2D eigenvalue weighted by atomic mass is 10.1. The van der Waals surface area contributed by atoms with Crippen molar-refractivity contribution in [1.82, 2.24) is 0 Å². The molecular formula is C13H15NS. The van der Waals surface area contributed by atoms with Crippen LogP contribution in [0.4, 0.5) is 5.69 Å². The Hall–Kier alpha value is -1.28. The van der Waals surface area contributed by atoms with E-state index in [0.29, 0.717) is 0 Å². The maximum Gasteiger partial charge on any atom is 0.0452 e. The van der Waals surface area contributed by atoms with Gasteiger partial charge in [0.25, 0.3) is 0 Å². The summed E-state index contributed by atoms with van der Waals surface area (Å²) in [7, 11) is 4.17. The van der Waals surface area contributed by atoms with Crippen molar-refractivity contribution in [3.05, 3.63) is 35.2 Å². The van der Waals surface area contributed by atoms with Crippen LogP contribution in [0.3, 0.4) is 0 Å². The molecule has 0 amide bonds. The summed E-state index contributed by atoms with van der Waals surface area (Å²) >= 11 is 1.81. The average molecular weight is 217 g/mol. The monoisotopic (exact) mass is 217 g/mol. The lowest BCUT2D eigenvalue weighted by molar-refractivity contribution is 1.14. The van der Waals surface area contributed by atoms with Crippen LogP contribution in [0.2, 0.25) is 0 Å². The molecule has 0 radical (unpaired) electrons. The van der Waals surface area contributed by atoms with Gasteiger partial charge in [0.05, 0.1) is 0 Å². The van der Waals surface area contributed by atoms with Gasteiger partial charge in [-0.3, -0.25) is 0 Å². The third-order valence-electron chi connectivity index (χ3n) is 2.64. The first-order valence-electron chi connectivity index (χ1n) is 4.97. The summed E-state index contributed by atoms with van der Waals surface area (Å²) in [6.07, 6.45) is 1.94. The minimum atomic E-state index is 1.28. The van der Waals surface area contributed by atoms with Crippen LogP contribution in [0.25, 0.3) is 16.2 Å². The molecule has 1 nitrogen and oxygen atoms in total. The van der Waals surface area contributed by atoms with Crippen molar-refractivity contribution in [2.75, 3.05) is 19.0 Å². The summed E-state index contributed by atoms with van der Waals surface area (Å²) in [5.74, 6) is 0. The third kappa shape index (κ3) is 1.55. The Kier molecular flexibility index (Phi) is 2.53. The largest absolute Gasteiger partial charge is 0.377 e. The van der Waals surface area contributed by atoms with Gasteiger partial charge in [0.15, 0.2) is 0 Å². The first-order chi connectivity index (χ1) is 7.15. The summed E-state index contributed by atoms with van der Waals surface area (Å²) in [4.78, 5) is 3.44. The predicted octanol–water partition coefficient (Wildman–Crippen LogP) is 3.92. The van der Waals surface area contributed by atoms with Gasteiger partial charge in [-0.25, -0.2) is 0 Å². The van der Waals surface area contributed by atoms with Gasteiger partial charge >= 0.3 is 0 Å². The molecule has 1 aromatic carbocycles. The van der Waals surface area contributed by atoms with Gasteiger partial charge < -0.3 is 4.90 Å².